The minimum atomic E-state index is 1.09. The van der Waals surface area contributed by atoms with Crippen LogP contribution in [0.25, 0.3) is 6.08 Å². The van der Waals surface area contributed by atoms with Crippen LogP contribution in [0.15, 0.2) is 30.3 Å². The fourth-order valence-corrected chi connectivity index (χ4v) is 0.756. The lowest BCUT2D eigenvalue weighted by atomic mass is 10.2. The summed E-state index contributed by atoms with van der Waals surface area (Å²) in [6.45, 7) is 2.12. The van der Waals surface area contributed by atoms with Gasteiger partial charge in [-0.3, -0.25) is 0 Å². The highest BCUT2D eigenvalue weighted by atomic mass is 13.8. The van der Waals surface area contributed by atoms with Crippen molar-refractivity contribution in [3.8, 4) is 0 Å². The highest BCUT2D eigenvalue weighted by Crippen LogP contribution is 1.99. The van der Waals surface area contributed by atoms with E-state index < -0.39 is 0 Å². The molecule has 0 aliphatic rings. The van der Waals surface area contributed by atoms with Crippen LogP contribution in [0, 0.1) is 6.07 Å². The van der Waals surface area contributed by atoms with E-state index in [-0.39, 0.29) is 0 Å². The summed E-state index contributed by atoms with van der Waals surface area (Å²) in [5.41, 5.74) is 1.16. The predicted molar refractivity (Wildman–Crippen MR) is 44.6 cm³/mol. The molecule has 0 saturated heterocycles. The number of allylic oxidation sites excluding steroid dienone is 1. The van der Waals surface area contributed by atoms with Gasteiger partial charge >= 0.3 is 0 Å². The van der Waals surface area contributed by atoms with Crippen molar-refractivity contribution in [2.24, 2.45) is 0 Å². The molecule has 0 aliphatic heterocycles. The highest BCUT2D eigenvalue weighted by Gasteiger charge is 1.79. The second kappa shape index (κ2) is 3.89. The van der Waals surface area contributed by atoms with Gasteiger partial charge in [-0.05, 0) is 18.1 Å². The Morgan fingerprint density at radius 3 is 3.00 bits per heavy atom. The topological polar surface area (TPSA) is 0 Å². The molecule has 0 aliphatic carbocycles. The normalized spacial score (nSPS) is 10.5. The van der Waals surface area contributed by atoms with E-state index in [9.17, 15) is 0 Å². The molecule has 0 atom stereocenters. The summed E-state index contributed by atoms with van der Waals surface area (Å²) in [6, 6.07) is 11.1. The Labute approximate surface area is 62.2 Å². The van der Waals surface area contributed by atoms with E-state index in [4.69, 9.17) is 0 Å². The fourth-order valence-electron chi connectivity index (χ4n) is 0.756. The maximum atomic E-state index is 3.12. The SMILES string of the molecule is CC/C=C/c1[c]cccc1. The van der Waals surface area contributed by atoms with Gasteiger partial charge < -0.3 is 0 Å². The van der Waals surface area contributed by atoms with E-state index in [2.05, 4.69) is 25.1 Å². The van der Waals surface area contributed by atoms with Crippen molar-refractivity contribution in [2.45, 2.75) is 13.3 Å². The van der Waals surface area contributed by atoms with Crippen LogP contribution in [0.4, 0.5) is 0 Å². The van der Waals surface area contributed by atoms with Crippen molar-refractivity contribution >= 4 is 6.08 Å². The number of hydrogen-bond donors (Lipinski definition) is 0. The molecule has 0 unspecified atom stereocenters. The molecule has 0 nitrogen and oxygen atoms in total. The molecule has 0 amide bonds. The Hall–Kier alpha value is -1.04. The van der Waals surface area contributed by atoms with Gasteiger partial charge in [0.2, 0.25) is 0 Å². The van der Waals surface area contributed by atoms with Crippen molar-refractivity contribution < 1.29 is 0 Å². The monoisotopic (exact) mass is 131 g/mol. The minimum absolute atomic E-state index is 1.09. The summed E-state index contributed by atoms with van der Waals surface area (Å²) >= 11 is 0. The first-order chi connectivity index (χ1) is 4.93. The third-order valence-electron chi connectivity index (χ3n) is 1.27. The fraction of sp³-hybridized carbons (Fsp3) is 0.200. The van der Waals surface area contributed by atoms with Crippen molar-refractivity contribution in [3.05, 3.63) is 42.0 Å². The lowest BCUT2D eigenvalue weighted by molar-refractivity contribution is 1.23. The van der Waals surface area contributed by atoms with E-state index in [0.29, 0.717) is 0 Å². The Balaban J connectivity index is 2.67. The van der Waals surface area contributed by atoms with Gasteiger partial charge in [0.25, 0.3) is 0 Å². The molecule has 1 aromatic carbocycles. The maximum absolute atomic E-state index is 3.12. The van der Waals surface area contributed by atoms with Gasteiger partial charge in [0, 0.05) is 0 Å². The molecule has 0 aromatic heterocycles. The van der Waals surface area contributed by atoms with Gasteiger partial charge in [-0.25, -0.2) is 0 Å². The standard InChI is InChI=1S/C10H11/c1-2-3-7-10-8-5-4-6-9-10/h3-8H,2H2,1H3/b7-3+. The van der Waals surface area contributed by atoms with Crippen molar-refractivity contribution in [1.82, 2.24) is 0 Å². The Bertz CT molecular complexity index is 197. The smallest absolute Gasteiger partial charge is 0.0106 e. The molecule has 0 bridgehead atoms. The molecular weight excluding hydrogens is 120 g/mol. The first-order valence-corrected chi connectivity index (χ1v) is 3.56. The summed E-state index contributed by atoms with van der Waals surface area (Å²) < 4.78 is 0. The van der Waals surface area contributed by atoms with Crippen LogP contribution < -0.4 is 0 Å². The van der Waals surface area contributed by atoms with Gasteiger partial charge in [-0.1, -0.05) is 43.3 Å². The number of rotatable bonds is 2. The quantitative estimate of drug-likeness (QED) is 0.579. The van der Waals surface area contributed by atoms with Crippen LogP contribution in [0.1, 0.15) is 18.9 Å². The van der Waals surface area contributed by atoms with Gasteiger partial charge in [0.15, 0.2) is 0 Å². The second-order valence-electron chi connectivity index (χ2n) is 2.13. The van der Waals surface area contributed by atoms with Crippen molar-refractivity contribution in [3.63, 3.8) is 0 Å². The minimum Gasteiger partial charge on any atom is -0.0842 e. The zero-order valence-electron chi connectivity index (χ0n) is 6.17. The third-order valence-corrected chi connectivity index (χ3v) is 1.27. The third kappa shape index (κ3) is 2.06. The zero-order chi connectivity index (χ0) is 7.23. The lowest BCUT2D eigenvalue weighted by Gasteiger charge is -1.87. The molecule has 1 rings (SSSR count). The molecule has 51 valence electrons. The average Bonchev–Trinajstić information content (AvgIpc) is 2.03. The second-order valence-corrected chi connectivity index (χ2v) is 2.13. The van der Waals surface area contributed by atoms with Gasteiger partial charge in [0.05, 0.1) is 0 Å². The molecule has 0 spiro atoms. The molecule has 1 aromatic rings. The van der Waals surface area contributed by atoms with Crippen LogP contribution >= 0.6 is 0 Å². The van der Waals surface area contributed by atoms with Gasteiger partial charge in [0.1, 0.15) is 0 Å². The Kier molecular flexibility index (Phi) is 2.75. The van der Waals surface area contributed by atoms with E-state index in [0.717, 1.165) is 12.0 Å². The molecule has 10 heavy (non-hydrogen) atoms. The van der Waals surface area contributed by atoms with Gasteiger partial charge in [-0.15, -0.1) is 0 Å². The zero-order valence-corrected chi connectivity index (χ0v) is 6.17. The van der Waals surface area contributed by atoms with E-state index in [1.807, 2.05) is 24.3 Å². The van der Waals surface area contributed by atoms with E-state index >= 15 is 0 Å². The molecule has 0 saturated carbocycles. The van der Waals surface area contributed by atoms with E-state index in [1.165, 1.54) is 0 Å². The molecule has 0 heterocycles. The number of hydrogen-bond acceptors (Lipinski definition) is 0. The average molecular weight is 131 g/mol. The summed E-state index contributed by atoms with van der Waals surface area (Å²) in [5.74, 6) is 0. The maximum Gasteiger partial charge on any atom is -0.0106 e. The largest absolute Gasteiger partial charge is 0.0842 e. The van der Waals surface area contributed by atoms with Crippen molar-refractivity contribution in [1.29, 1.82) is 0 Å². The van der Waals surface area contributed by atoms with Crippen LogP contribution in [0.2, 0.25) is 0 Å². The molecule has 1 radical (unpaired) electrons. The molecule has 0 N–H and O–H groups in total. The van der Waals surface area contributed by atoms with Crippen molar-refractivity contribution in [2.75, 3.05) is 0 Å². The lowest BCUT2D eigenvalue weighted by Crippen LogP contribution is -1.67. The first kappa shape index (κ1) is 7.07. The number of benzene rings is 1. The Morgan fingerprint density at radius 2 is 2.40 bits per heavy atom. The summed E-state index contributed by atoms with van der Waals surface area (Å²) in [5, 5.41) is 0. The van der Waals surface area contributed by atoms with Crippen LogP contribution in [0.3, 0.4) is 0 Å². The highest BCUT2D eigenvalue weighted by molar-refractivity contribution is 5.47. The molecule has 0 fully saturated rings. The first-order valence-electron chi connectivity index (χ1n) is 3.56. The van der Waals surface area contributed by atoms with Crippen LogP contribution in [-0.2, 0) is 0 Å². The van der Waals surface area contributed by atoms with E-state index in [1.54, 1.807) is 0 Å². The summed E-state index contributed by atoms with van der Waals surface area (Å²) in [7, 11) is 0. The summed E-state index contributed by atoms with van der Waals surface area (Å²) in [4.78, 5) is 0. The van der Waals surface area contributed by atoms with Gasteiger partial charge in [-0.2, -0.15) is 0 Å². The predicted octanol–water partition coefficient (Wildman–Crippen LogP) is 2.91. The van der Waals surface area contributed by atoms with Crippen LogP contribution in [0.5, 0.6) is 0 Å². The van der Waals surface area contributed by atoms with Crippen LogP contribution in [-0.4, -0.2) is 0 Å². The Morgan fingerprint density at radius 1 is 1.50 bits per heavy atom. The molecular formula is C10H11. The summed E-state index contributed by atoms with van der Waals surface area (Å²) in [6.07, 6.45) is 5.30. The molecule has 0 heteroatoms.